The second-order valence-corrected chi connectivity index (χ2v) is 24.2. The minimum Gasteiger partial charge on any atom is -0.629 e. The van der Waals surface area contributed by atoms with Crippen molar-refractivity contribution in [3.8, 4) is 23.4 Å². The highest BCUT2D eigenvalue weighted by molar-refractivity contribution is 7.90. The zero-order valence-corrected chi connectivity index (χ0v) is 46.0. The van der Waals surface area contributed by atoms with Gasteiger partial charge in [0.1, 0.15) is 22.1 Å². The maximum atomic E-state index is 15.0. The summed E-state index contributed by atoms with van der Waals surface area (Å²) in [6.07, 6.45) is 9.29. The van der Waals surface area contributed by atoms with Gasteiger partial charge in [-0.3, -0.25) is 14.6 Å². The molecule has 2 atom stereocenters. The van der Waals surface area contributed by atoms with Gasteiger partial charge in [0.15, 0.2) is 17.3 Å². The van der Waals surface area contributed by atoms with Crippen molar-refractivity contribution in [1.82, 2.24) is 29.5 Å². The van der Waals surface area contributed by atoms with Crippen molar-refractivity contribution < 1.29 is 37.2 Å². The summed E-state index contributed by atoms with van der Waals surface area (Å²) >= 11 is 0. The number of H-pyrrole nitrogens is 1. The number of hydrogen-bond acceptors (Lipinski definition) is 14. The minimum atomic E-state index is -4.60. The van der Waals surface area contributed by atoms with E-state index in [9.17, 15) is 28.8 Å². The Morgan fingerprint density at radius 3 is 2.46 bits per heavy atom. The number of ether oxygens (including phenoxy) is 2. The number of aromatic nitrogens is 3. The summed E-state index contributed by atoms with van der Waals surface area (Å²) in [5.41, 5.74) is 5.05. The molecule has 0 radical (unpaired) electrons. The maximum absolute atomic E-state index is 15.0. The van der Waals surface area contributed by atoms with Crippen LogP contribution in [0.3, 0.4) is 0 Å². The molecule has 2 saturated carbocycles. The number of quaternary nitrogens is 1. The van der Waals surface area contributed by atoms with Gasteiger partial charge in [0.25, 0.3) is 21.8 Å². The van der Waals surface area contributed by atoms with Crippen LogP contribution in [-0.4, -0.2) is 109 Å². The Morgan fingerprint density at radius 1 is 1.01 bits per heavy atom. The predicted molar refractivity (Wildman–Crippen MR) is 297 cm³/mol. The molecule has 5 heterocycles. The molecular formula is C59H71FN10O7S. The normalized spacial score (nSPS) is 21.5. The van der Waals surface area contributed by atoms with E-state index in [4.69, 9.17) is 9.47 Å². The van der Waals surface area contributed by atoms with Crippen LogP contribution in [0, 0.1) is 33.7 Å². The lowest BCUT2D eigenvalue weighted by atomic mass is 9.59. The number of nitrogens with one attached hydrogen (secondary N) is 4. The Balaban J connectivity index is 0.863. The highest BCUT2D eigenvalue weighted by Crippen LogP contribution is 2.53. The molecule has 19 heteroatoms. The van der Waals surface area contributed by atoms with Crippen molar-refractivity contribution in [3.63, 3.8) is 0 Å². The number of piperidine rings is 1. The fraction of sp³-hybridized carbons (Fsp3) is 0.458. The average Bonchev–Trinajstić information content (AvgIpc) is 3.86. The van der Waals surface area contributed by atoms with Gasteiger partial charge in [0.2, 0.25) is 0 Å². The molecule has 4 fully saturated rings. The Bertz CT molecular complexity index is 3280. The molecule has 10 rings (SSSR count). The van der Waals surface area contributed by atoms with E-state index < -0.39 is 32.4 Å². The molecule has 5 N–H and O–H groups in total. The molecule has 6 aromatic rings. The summed E-state index contributed by atoms with van der Waals surface area (Å²) in [4.78, 5) is 33.1. The van der Waals surface area contributed by atoms with Crippen LogP contribution in [0.1, 0.15) is 124 Å². The van der Waals surface area contributed by atoms with Gasteiger partial charge in [-0.25, -0.2) is 22.5 Å². The smallest absolute Gasteiger partial charge is 0.268 e. The Labute approximate surface area is 456 Å². The van der Waals surface area contributed by atoms with Crippen molar-refractivity contribution in [3.05, 3.63) is 130 Å². The third-order valence-electron chi connectivity index (χ3n) is 16.7. The molecule has 17 nitrogen and oxygen atoms in total. The number of piperazine rings is 1. The second kappa shape index (κ2) is 22.6. The fourth-order valence-corrected chi connectivity index (χ4v) is 13.1. The highest BCUT2D eigenvalue weighted by Gasteiger charge is 2.50. The number of anilines is 2. The SMILES string of the molecule is CCOc1nc2[nH]cc(F)c2cc1Oc1cc(N2CCC3(CC2)CC(N2CCN(Cc4ccc(C#N)cc4)C[C@H]2c2ccccc2C(C)C)C3)ccc1C(=O)NS(=O)(=O)c1cnc(NC[C@H]2CC[C@](C)(O)CC2)c([NH+](C)[O-])c1. The monoisotopic (exact) mass is 1080 g/mol. The molecule has 1 amide bonds. The molecule has 2 aliphatic carbocycles. The fourth-order valence-electron chi connectivity index (χ4n) is 12.2. The minimum absolute atomic E-state index is 0.000361. The van der Waals surface area contributed by atoms with Crippen molar-refractivity contribution in [2.75, 3.05) is 63.1 Å². The number of aromatic amines is 1. The Hall–Kier alpha value is -6.66. The topological polar surface area (TPSA) is 217 Å². The number of hydroxylamine groups is 1. The number of aliphatic hydroxyl groups is 1. The van der Waals surface area contributed by atoms with Crippen LogP contribution in [0.25, 0.3) is 11.0 Å². The van der Waals surface area contributed by atoms with Gasteiger partial charge in [0, 0.05) is 88.0 Å². The highest BCUT2D eigenvalue weighted by atomic mass is 32.2. The third-order valence-corrected chi connectivity index (χ3v) is 18.0. The zero-order valence-electron chi connectivity index (χ0n) is 45.1. The number of carbonyl (C=O) groups is 1. The van der Waals surface area contributed by atoms with E-state index in [-0.39, 0.29) is 74.4 Å². The van der Waals surface area contributed by atoms with Gasteiger partial charge in [-0.1, -0.05) is 50.2 Å². The number of carbonyl (C=O) groups excluding carboxylic acids is 1. The van der Waals surface area contributed by atoms with Crippen molar-refractivity contribution in [1.29, 1.82) is 5.26 Å². The maximum Gasteiger partial charge on any atom is 0.268 e. The number of nitriles is 1. The van der Waals surface area contributed by atoms with E-state index in [0.717, 1.165) is 89.7 Å². The van der Waals surface area contributed by atoms with Gasteiger partial charge in [-0.05, 0) is 123 Å². The first-order valence-electron chi connectivity index (χ1n) is 27.4. The summed E-state index contributed by atoms with van der Waals surface area (Å²) < 4.78 is 57.6. The summed E-state index contributed by atoms with van der Waals surface area (Å²) in [5, 5.41) is 35.6. The Kier molecular flexibility index (Phi) is 15.8. The van der Waals surface area contributed by atoms with Crippen LogP contribution in [0.15, 0.2) is 96.2 Å². The van der Waals surface area contributed by atoms with Crippen LogP contribution in [-0.2, 0) is 16.6 Å². The first kappa shape index (κ1) is 54.7. The Morgan fingerprint density at radius 2 is 1.76 bits per heavy atom. The van der Waals surface area contributed by atoms with Crippen LogP contribution in [0.2, 0.25) is 0 Å². The molecule has 3 aromatic heterocycles. The lowest BCUT2D eigenvalue weighted by Gasteiger charge is -2.58. The third kappa shape index (κ3) is 11.8. The lowest BCUT2D eigenvalue weighted by Crippen LogP contribution is -2.98. The summed E-state index contributed by atoms with van der Waals surface area (Å²) in [6, 6.07) is 27.4. The van der Waals surface area contributed by atoms with E-state index in [1.807, 2.05) is 19.1 Å². The van der Waals surface area contributed by atoms with Crippen molar-refractivity contribution in [2.45, 2.75) is 114 Å². The van der Waals surface area contributed by atoms with Crippen LogP contribution in [0.4, 0.5) is 21.6 Å². The van der Waals surface area contributed by atoms with Gasteiger partial charge < -0.3 is 40.1 Å². The number of rotatable bonds is 17. The van der Waals surface area contributed by atoms with E-state index in [2.05, 4.69) is 96.0 Å². The number of hydrogen-bond donors (Lipinski definition) is 5. The number of halogens is 1. The standard InChI is InChI=1S/C59H71FN10O7S/c1-6-76-57-53(29-48-49(60)35-64-54(48)65-57)77-52-27-42(15-16-47(52)56(71)66-78(74,75)44-28-50(67(5)73)55(63-34-44)62-33-40-17-19-58(4,72)20-18-40)69-23-21-59(22-24-69)30-43(31-59)70-26-25-68(36-41-13-11-39(32-61)12-14-41)37-51(70)46-10-8-7-9-45(46)38(2)3/h7-16,27-29,34-35,38,40,43,51,67,72H,6,17-26,30-31,33,36-37H2,1-5H3,(H,62,63)(H,64,65)(H,66,71)/t40-,51-,58-/m0/s1. The summed E-state index contributed by atoms with van der Waals surface area (Å²) in [5.74, 6) is -0.641. The first-order valence-corrected chi connectivity index (χ1v) is 28.9. The molecule has 2 saturated heterocycles. The van der Waals surface area contributed by atoms with E-state index in [1.54, 1.807) is 19.1 Å². The van der Waals surface area contributed by atoms with Crippen LogP contribution < -0.4 is 29.5 Å². The van der Waals surface area contributed by atoms with Gasteiger partial charge in [-0.2, -0.15) is 10.2 Å². The molecule has 1 spiro atoms. The van der Waals surface area contributed by atoms with Crippen molar-refractivity contribution >= 4 is 44.2 Å². The van der Waals surface area contributed by atoms with E-state index in [1.165, 1.54) is 48.1 Å². The average molecular weight is 1080 g/mol. The number of benzene rings is 3. The van der Waals surface area contributed by atoms with Gasteiger partial charge in [-0.15, -0.1) is 0 Å². The zero-order chi connectivity index (χ0) is 54.9. The molecule has 412 valence electrons. The molecule has 4 aliphatic rings. The van der Waals surface area contributed by atoms with Crippen molar-refractivity contribution in [2.24, 2.45) is 11.3 Å². The number of fused-ring (bicyclic) bond motifs is 1. The van der Waals surface area contributed by atoms with Gasteiger partial charge in [0.05, 0.1) is 48.0 Å². The second-order valence-electron chi connectivity index (χ2n) is 22.5. The molecule has 0 bridgehead atoms. The van der Waals surface area contributed by atoms with Crippen LogP contribution >= 0.6 is 0 Å². The number of pyridine rings is 2. The molecule has 1 unspecified atom stereocenters. The van der Waals surface area contributed by atoms with E-state index in [0.29, 0.717) is 36.9 Å². The number of nitrogens with zero attached hydrogens (tertiary/aromatic N) is 6. The molecule has 78 heavy (non-hydrogen) atoms. The molecule has 3 aromatic carbocycles. The number of amides is 1. The van der Waals surface area contributed by atoms with Gasteiger partial charge >= 0.3 is 0 Å². The lowest BCUT2D eigenvalue weighted by molar-refractivity contribution is -0.751. The first-order chi connectivity index (χ1) is 37.4. The molecular weight excluding hydrogens is 1010 g/mol. The summed E-state index contributed by atoms with van der Waals surface area (Å²) in [7, 11) is -3.28. The van der Waals surface area contributed by atoms with Crippen LogP contribution in [0.5, 0.6) is 17.4 Å². The molecule has 2 aliphatic heterocycles. The van der Waals surface area contributed by atoms with E-state index >= 15 is 4.39 Å². The number of sulfonamides is 1. The summed E-state index contributed by atoms with van der Waals surface area (Å²) in [6.45, 7) is 14.0. The largest absolute Gasteiger partial charge is 0.629 e. The quantitative estimate of drug-likeness (QED) is 0.0540. The predicted octanol–water partition coefficient (Wildman–Crippen LogP) is 8.71.